The molecule has 0 amide bonds. The van der Waals surface area contributed by atoms with Gasteiger partial charge in [0.1, 0.15) is 11.6 Å². The zero-order valence-corrected chi connectivity index (χ0v) is 15.7. The van der Waals surface area contributed by atoms with Gasteiger partial charge >= 0.3 is 0 Å². The molecule has 0 saturated carbocycles. The second-order valence-corrected chi connectivity index (χ2v) is 8.62. The number of nitrogens with zero attached hydrogens (tertiary/aromatic N) is 2. The molecule has 0 spiro atoms. The van der Waals surface area contributed by atoms with E-state index in [1.165, 1.54) is 6.07 Å². The molecule has 1 aliphatic rings. The Labute approximate surface area is 158 Å². The smallest absolute Gasteiger partial charge is 0.151 e. The zero-order valence-electron chi connectivity index (χ0n) is 14.9. The van der Waals surface area contributed by atoms with Gasteiger partial charge in [-0.2, -0.15) is 0 Å². The van der Waals surface area contributed by atoms with Gasteiger partial charge in [-0.15, -0.1) is 0 Å². The van der Waals surface area contributed by atoms with Crippen molar-refractivity contribution in [2.75, 3.05) is 43.2 Å². The molecule has 0 aliphatic carbocycles. The number of benzene rings is 1. The van der Waals surface area contributed by atoms with Crippen molar-refractivity contribution in [2.45, 2.75) is 5.75 Å². The van der Waals surface area contributed by atoms with Crippen LogP contribution >= 0.6 is 0 Å². The Morgan fingerprint density at radius 3 is 2.74 bits per heavy atom. The quantitative estimate of drug-likeness (QED) is 0.592. The average molecular weight is 394 g/mol. The summed E-state index contributed by atoms with van der Waals surface area (Å²) in [6, 6.07) is 5.84. The number of hydrogen-bond donors (Lipinski definition) is 2. The predicted octanol–water partition coefficient (Wildman–Crippen LogP) is 1.85. The highest BCUT2D eigenvalue weighted by atomic mass is 32.2. The van der Waals surface area contributed by atoms with Crippen molar-refractivity contribution in [1.29, 1.82) is 5.41 Å². The van der Waals surface area contributed by atoms with Crippen molar-refractivity contribution in [3.05, 3.63) is 53.0 Å². The molecule has 2 heterocycles. The highest BCUT2D eigenvalue weighted by molar-refractivity contribution is 7.89. The number of rotatable bonds is 5. The Balaban J connectivity index is 0.00000280. The fourth-order valence-electron chi connectivity index (χ4n) is 2.94. The van der Waals surface area contributed by atoms with Gasteiger partial charge in [-0.25, -0.2) is 17.8 Å². The molecule has 1 saturated heterocycles. The number of aromatic nitrogens is 1. The minimum absolute atomic E-state index is 0. The third-order valence-electron chi connectivity index (χ3n) is 4.27. The van der Waals surface area contributed by atoms with Gasteiger partial charge in [0.25, 0.3) is 0 Å². The van der Waals surface area contributed by atoms with Crippen LogP contribution < -0.4 is 10.6 Å². The van der Waals surface area contributed by atoms with E-state index in [1.54, 1.807) is 18.3 Å². The lowest BCUT2D eigenvalue weighted by molar-refractivity contribution is 0.122. The number of anilines is 2. The van der Waals surface area contributed by atoms with Gasteiger partial charge < -0.3 is 15.4 Å². The van der Waals surface area contributed by atoms with Crippen LogP contribution in [0.3, 0.4) is 0 Å². The number of nitrogens with two attached hydrogens (primary N) is 1. The SMILES string of the molecule is CS(=O)(=O)Cc1cc(C(=N)c2ccnc(N3CCOCC3)c2)c(N)cc1F.[HH]. The molecule has 1 aliphatic heterocycles. The average Bonchev–Trinajstić information content (AvgIpc) is 2.63. The molecular weight excluding hydrogens is 371 g/mol. The first kappa shape index (κ1) is 19.2. The third-order valence-corrected chi connectivity index (χ3v) is 5.11. The number of nitrogens with one attached hydrogen (secondary N) is 1. The number of hydrogen-bond acceptors (Lipinski definition) is 7. The van der Waals surface area contributed by atoms with Gasteiger partial charge in [0.05, 0.1) is 24.7 Å². The van der Waals surface area contributed by atoms with Crippen LogP contribution in [-0.2, 0) is 20.3 Å². The summed E-state index contributed by atoms with van der Waals surface area (Å²) in [6.07, 6.45) is 2.64. The molecule has 1 aromatic carbocycles. The molecule has 0 unspecified atom stereocenters. The van der Waals surface area contributed by atoms with E-state index in [9.17, 15) is 12.8 Å². The highest BCUT2D eigenvalue weighted by Gasteiger charge is 2.18. The van der Waals surface area contributed by atoms with Crippen molar-refractivity contribution < 1.29 is 19.0 Å². The lowest BCUT2D eigenvalue weighted by Crippen LogP contribution is -2.36. The van der Waals surface area contributed by atoms with E-state index in [2.05, 4.69) is 9.88 Å². The van der Waals surface area contributed by atoms with Crippen molar-refractivity contribution in [3.8, 4) is 0 Å². The summed E-state index contributed by atoms with van der Waals surface area (Å²) in [7, 11) is -3.42. The van der Waals surface area contributed by atoms with Gasteiger partial charge in [-0.1, -0.05) is 0 Å². The minimum atomic E-state index is -3.42. The summed E-state index contributed by atoms with van der Waals surface area (Å²) in [5.74, 6) is -0.426. The van der Waals surface area contributed by atoms with Crippen LogP contribution in [0, 0.1) is 11.2 Å². The fourth-order valence-corrected chi connectivity index (χ4v) is 3.72. The molecule has 27 heavy (non-hydrogen) atoms. The van der Waals surface area contributed by atoms with Crippen LogP contribution in [0.5, 0.6) is 0 Å². The van der Waals surface area contributed by atoms with Crippen LogP contribution in [-0.4, -0.2) is 51.7 Å². The maximum absolute atomic E-state index is 14.1. The van der Waals surface area contributed by atoms with Crippen LogP contribution in [0.25, 0.3) is 0 Å². The minimum Gasteiger partial charge on any atom is -0.398 e. The van der Waals surface area contributed by atoms with Crippen molar-refractivity contribution in [3.63, 3.8) is 0 Å². The van der Waals surface area contributed by atoms with E-state index in [4.69, 9.17) is 15.9 Å². The first-order valence-electron chi connectivity index (χ1n) is 8.38. The topological polar surface area (TPSA) is 109 Å². The van der Waals surface area contributed by atoms with Crippen molar-refractivity contribution in [2.24, 2.45) is 0 Å². The normalized spacial score (nSPS) is 15.0. The lowest BCUT2D eigenvalue weighted by Gasteiger charge is -2.28. The van der Waals surface area contributed by atoms with Crippen molar-refractivity contribution >= 4 is 27.1 Å². The Kier molecular flexibility index (Phi) is 5.43. The zero-order chi connectivity index (χ0) is 19.6. The Morgan fingerprint density at radius 1 is 1.37 bits per heavy atom. The van der Waals surface area contributed by atoms with Crippen LogP contribution in [0.4, 0.5) is 15.9 Å². The first-order valence-corrected chi connectivity index (χ1v) is 10.4. The molecule has 7 nitrogen and oxygen atoms in total. The van der Waals surface area contributed by atoms with Crippen LogP contribution in [0.15, 0.2) is 30.5 Å². The van der Waals surface area contributed by atoms with E-state index in [0.29, 0.717) is 31.9 Å². The molecule has 146 valence electrons. The Bertz CT molecular complexity index is 979. The van der Waals surface area contributed by atoms with E-state index >= 15 is 0 Å². The first-order chi connectivity index (χ1) is 12.7. The Hall–Kier alpha value is -2.52. The van der Waals surface area contributed by atoms with Gasteiger partial charge in [-0.3, -0.25) is 5.41 Å². The molecular formula is C18H23FN4O3S. The number of morpholine rings is 1. The summed E-state index contributed by atoms with van der Waals surface area (Å²) in [5, 5.41) is 8.50. The molecule has 0 radical (unpaired) electrons. The maximum atomic E-state index is 14.1. The van der Waals surface area contributed by atoms with Crippen LogP contribution in [0.1, 0.15) is 18.1 Å². The number of pyridine rings is 1. The summed E-state index contributed by atoms with van der Waals surface area (Å²) in [6.45, 7) is 2.65. The highest BCUT2D eigenvalue weighted by Crippen LogP contribution is 2.24. The molecule has 2 aromatic rings. The second kappa shape index (κ2) is 7.61. The van der Waals surface area contributed by atoms with Crippen LogP contribution in [0.2, 0.25) is 0 Å². The van der Waals surface area contributed by atoms with E-state index < -0.39 is 21.4 Å². The predicted molar refractivity (Wildman–Crippen MR) is 105 cm³/mol. The van der Waals surface area contributed by atoms with Crippen molar-refractivity contribution in [1.82, 2.24) is 4.98 Å². The fraction of sp³-hybridized carbons (Fsp3) is 0.333. The third kappa shape index (κ3) is 4.61. The van der Waals surface area contributed by atoms with E-state index in [-0.39, 0.29) is 24.0 Å². The van der Waals surface area contributed by atoms with Gasteiger partial charge in [0, 0.05) is 49.3 Å². The summed E-state index contributed by atoms with van der Waals surface area (Å²) < 4.78 is 42.5. The second-order valence-electron chi connectivity index (χ2n) is 6.48. The number of halogens is 1. The maximum Gasteiger partial charge on any atom is 0.151 e. The van der Waals surface area contributed by atoms with Gasteiger partial charge in [0.15, 0.2) is 9.84 Å². The number of ether oxygens (including phenoxy) is 1. The monoisotopic (exact) mass is 394 g/mol. The largest absolute Gasteiger partial charge is 0.398 e. The summed E-state index contributed by atoms with van der Waals surface area (Å²) in [5.41, 5.74) is 6.91. The molecule has 1 fully saturated rings. The standard InChI is InChI=1S/C18H21FN4O3S.H2/c1-27(24,25)11-13-8-14(16(20)10-15(13)19)18(21)12-2-3-22-17(9-12)23-4-6-26-7-5-23;/h2-3,8-10,21H,4-7,11,20H2,1H3;1H. The summed E-state index contributed by atoms with van der Waals surface area (Å²) in [4.78, 5) is 6.40. The number of nitrogen functional groups attached to an aromatic ring is 1. The Morgan fingerprint density at radius 2 is 2.07 bits per heavy atom. The molecule has 1 aromatic heterocycles. The van der Waals surface area contributed by atoms with Gasteiger partial charge in [0.2, 0.25) is 0 Å². The molecule has 3 N–H and O–H groups in total. The van der Waals surface area contributed by atoms with E-state index in [1.807, 2.05) is 0 Å². The van der Waals surface area contributed by atoms with E-state index in [0.717, 1.165) is 18.1 Å². The molecule has 0 atom stereocenters. The molecule has 0 bridgehead atoms. The molecule has 9 heteroatoms. The molecule has 3 rings (SSSR count). The lowest BCUT2D eigenvalue weighted by atomic mass is 9.99. The summed E-state index contributed by atoms with van der Waals surface area (Å²) >= 11 is 0. The number of sulfone groups is 1. The van der Waals surface area contributed by atoms with Gasteiger partial charge in [-0.05, 0) is 24.3 Å².